The molecule has 2 nitrogen and oxygen atoms in total. The maximum atomic E-state index is 10.1. The molecular weight excluding hydrogens is 128 g/mol. The van der Waals surface area contributed by atoms with Crippen molar-refractivity contribution in [3.63, 3.8) is 0 Å². The van der Waals surface area contributed by atoms with Crippen molar-refractivity contribution in [1.82, 2.24) is 0 Å². The predicted octanol–water partition coefficient (Wildman–Crippen LogP) is 2.43. The maximum absolute atomic E-state index is 10.1. The molecule has 0 fully saturated rings. The van der Waals surface area contributed by atoms with Gasteiger partial charge in [-0.25, -0.2) is 0 Å². The maximum Gasteiger partial charge on any atom is 0.303 e. The fourth-order valence-corrected chi connectivity index (χ4v) is 0.801. The van der Waals surface area contributed by atoms with Crippen LogP contribution in [0.2, 0.25) is 0 Å². The third kappa shape index (κ3) is 7.47. The lowest BCUT2D eigenvalue weighted by atomic mass is 10.1. The summed E-state index contributed by atoms with van der Waals surface area (Å²) >= 11 is 0. The Morgan fingerprint density at radius 1 is 1.40 bits per heavy atom. The second kappa shape index (κ2) is 6.59. The van der Waals surface area contributed by atoms with E-state index in [-0.39, 0.29) is 12.8 Å². The van der Waals surface area contributed by atoms with Crippen LogP contribution < -0.4 is 0 Å². The summed E-state index contributed by atoms with van der Waals surface area (Å²) < 4.78 is 7.18. The van der Waals surface area contributed by atoms with Crippen LogP contribution in [0.3, 0.4) is 0 Å². The smallest absolute Gasteiger partial charge is 0.303 e. The molecular formula is C8H16O2. The Morgan fingerprint density at radius 2 is 2.00 bits per heavy atom. The van der Waals surface area contributed by atoms with Gasteiger partial charge in [-0.15, -0.1) is 0 Å². The minimum atomic E-state index is -0.719. The van der Waals surface area contributed by atoms with E-state index in [9.17, 15) is 4.79 Å². The minimum absolute atomic E-state index is 0.000159. The van der Waals surface area contributed by atoms with Gasteiger partial charge in [0.05, 0.1) is 0 Å². The Labute approximate surface area is 63.7 Å². The van der Waals surface area contributed by atoms with E-state index in [4.69, 9.17) is 6.48 Å². The molecule has 0 aromatic rings. The topological polar surface area (TPSA) is 37.3 Å². The van der Waals surface area contributed by atoms with E-state index in [1.165, 1.54) is 0 Å². The Kier molecular flexibility index (Phi) is 4.99. The van der Waals surface area contributed by atoms with Gasteiger partial charge in [-0.1, -0.05) is 32.6 Å². The van der Waals surface area contributed by atoms with Gasteiger partial charge in [0.25, 0.3) is 0 Å². The molecule has 2 heteroatoms. The van der Waals surface area contributed by atoms with Gasteiger partial charge >= 0.3 is 5.97 Å². The number of rotatable bonds is 6. The molecule has 0 aliphatic carbocycles. The van der Waals surface area contributed by atoms with Crippen molar-refractivity contribution >= 4 is 5.97 Å². The molecule has 0 bridgehead atoms. The van der Waals surface area contributed by atoms with Crippen LogP contribution >= 0.6 is 0 Å². The molecule has 0 heterocycles. The lowest BCUT2D eigenvalue weighted by Gasteiger charge is -1.95. The molecule has 60 valence electrons. The van der Waals surface area contributed by atoms with Crippen LogP contribution in [0.4, 0.5) is 0 Å². The largest absolute Gasteiger partial charge is 0.481 e. The van der Waals surface area contributed by atoms with Gasteiger partial charge < -0.3 is 5.11 Å². The highest BCUT2D eigenvalue weighted by Gasteiger charge is 1.94. The number of carboxylic acids is 1. The molecule has 0 rings (SSSR count). The number of hydrogen-bond acceptors (Lipinski definition) is 1. The zero-order valence-electron chi connectivity index (χ0n) is 7.47. The Hall–Kier alpha value is -0.530. The van der Waals surface area contributed by atoms with Crippen LogP contribution in [0.1, 0.15) is 46.8 Å². The van der Waals surface area contributed by atoms with E-state index in [0.29, 0.717) is 0 Å². The van der Waals surface area contributed by atoms with Crippen molar-refractivity contribution in [2.24, 2.45) is 0 Å². The molecule has 0 saturated heterocycles. The summed E-state index contributed by atoms with van der Waals surface area (Å²) in [4.78, 5) is 10.1. The average molecular weight is 145 g/mol. The third-order valence-electron chi connectivity index (χ3n) is 1.38. The minimum Gasteiger partial charge on any atom is -0.481 e. The Bertz CT molecular complexity index is 113. The monoisotopic (exact) mass is 145 g/mol. The number of carbonyl (C=O) groups is 1. The Balaban J connectivity index is 2.97. The first kappa shape index (κ1) is 7.58. The summed E-state index contributed by atoms with van der Waals surface area (Å²) in [6.45, 7) is 1.86. The molecule has 1 atom stereocenters. The van der Waals surface area contributed by atoms with Crippen LogP contribution in [0.25, 0.3) is 0 Å². The zero-order chi connectivity index (χ0) is 8.69. The van der Waals surface area contributed by atoms with E-state index in [2.05, 4.69) is 0 Å². The number of aliphatic carboxylic acids is 1. The van der Waals surface area contributed by atoms with Crippen LogP contribution in [-0.4, -0.2) is 11.1 Å². The average Bonchev–Trinajstić information content (AvgIpc) is 1.85. The van der Waals surface area contributed by atoms with E-state index >= 15 is 0 Å². The lowest BCUT2D eigenvalue weighted by Crippen LogP contribution is -1.93. The second-order valence-corrected chi connectivity index (χ2v) is 2.40. The first-order valence-corrected chi connectivity index (χ1v) is 3.77. The normalized spacial score (nSPS) is 14.3. The molecule has 0 amide bonds. The lowest BCUT2D eigenvalue weighted by molar-refractivity contribution is -0.137. The first-order chi connectivity index (χ1) is 5.13. The molecule has 1 N–H and O–H groups in total. The summed E-state index contributed by atoms with van der Waals surface area (Å²) in [6, 6.07) is 0. The highest BCUT2D eigenvalue weighted by atomic mass is 16.4. The van der Waals surface area contributed by atoms with E-state index < -0.39 is 5.97 Å². The van der Waals surface area contributed by atoms with Crippen molar-refractivity contribution in [3.05, 3.63) is 0 Å². The molecule has 0 radical (unpaired) electrons. The van der Waals surface area contributed by atoms with Crippen LogP contribution in [0.5, 0.6) is 0 Å². The van der Waals surface area contributed by atoms with Gasteiger partial charge in [-0.05, 0) is 6.42 Å². The molecule has 0 spiro atoms. The van der Waals surface area contributed by atoms with Crippen molar-refractivity contribution in [3.8, 4) is 0 Å². The van der Waals surface area contributed by atoms with E-state index in [0.717, 1.165) is 25.7 Å². The zero-order valence-corrected chi connectivity index (χ0v) is 6.47. The fourth-order valence-electron chi connectivity index (χ4n) is 0.801. The first-order valence-electron chi connectivity index (χ1n) is 4.34. The summed E-state index contributed by atoms with van der Waals surface area (Å²) in [5.74, 6) is -0.719. The highest BCUT2D eigenvalue weighted by Crippen LogP contribution is 2.04. The molecule has 0 aliphatic rings. The quantitative estimate of drug-likeness (QED) is 0.583. The standard InChI is InChI=1S/C8H16O2/c1-2-3-4-5-6-7-8(9)10/h2-7H2,1H3,(H,9,10)/i2D. The molecule has 0 saturated carbocycles. The second-order valence-electron chi connectivity index (χ2n) is 2.40. The molecule has 0 aliphatic heterocycles. The van der Waals surface area contributed by atoms with Gasteiger partial charge in [0.2, 0.25) is 0 Å². The molecule has 0 aromatic carbocycles. The summed E-state index contributed by atoms with van der Waals surface area (Å²) in [5, 5.41) is 8.28. The van der Waals surface area contributed by atoms with Gasteiger partial charge in [-0.2, -0.15) is 0 Å². The van der Waals surface area contributed by atoms with Crippen molar-refractivity contribution in [1.29, 1.82) is 0 Å². The van der Waals surface area contributed by atoms with Crippen molar-refractivity contribution in [2.75, 3.05) is 0 Å². The number of unbranched alkanes of at least 4 members (excludes halogenated alkanes) is 2. The summed E-state index contributed by atoms with van der Waals surface area (Å²) in [5.41, 5.74) is 0. The van der Waals surface area contributed by atoms with E-state index in [1.54, 1.807) is 0 Å². The van der Waals surface area contributed by atoms with Gasteiger partial charge in [-0.3, -0.25) is 4.79 Å². The SMILES string of the molecule is [2H]C(C)CCCCCC(=O)O. The van der Waals surface area contributed by atoms with Gasteiger partial charge in [0.1, 0.15) is 0 Å². The van der Waals surface area contributed by atoms with Crippen LogP contribution in [-0.2, 0) is 4.79 Å². The fraction of sp³-hybridized carbons (Fsp3) is 0.875. The highest BCUT2D eigenvalue weighted by molar-refractivity contribution is 5.66. The van der Waals surface area contributed by atoms with Gasteiger partial charge in [0.15, 0.2) is 0 Å². The summed E-state index contributed by atoms with van der Waals surface area (Å²) in [6.07, 6.45) is 3.83. The molecule has 0 aromatic heterocycles. The number of carboxylic acid groups (broad SMARTS) is 1. The van der Waals surface area contributed by atoms with E-state index in [1.807, 2.05) is 6.92 Å². The Morgan fingerprint density at radius 3 is 2.50 bits per heavy atom. The third-order valence-corrected chi connectivity index (χ3v) is 1.38. The van der Waals surface area contributed by atoms with Crippen molar-refractivity contribution in [2.45, 2.75) is 45.4 Å². The molecule has 1 unspecified atom stereocenters. The molecule has 10 heavy (non-hydrogen) atoms. The number of hydrogen-bond donors (Lipinski definition) is 1. The van der Waals surface area contributed by atoms with Gasteiger partial charge in [0, 0.05) is 7.79 Å². The van der Waals surface area contributed by atoms with Crippen molar-refractivity contribution < 1.29 is 11.3 Å². The predicted molar refractivity (Wildman–Crippen MR) is 41.0 cm³/mol. The van der Waals surface area contributed by atoms with Crippen LogP contribution in [0, 0.1) is 0 Å². The summed E-state index contributed by atoms with van der Waals surface area (Å²) in [7, 11) is 0. The van der Waals surface area contributed by atoms with Crippen LogP contribution in [0.15, 0.2) is 0 Å².